The second-order valence-electron chi connectivity index (χ2n) is 10.9. The Balaban J connectivity index is 1.20. The lowest BCUT2D eigenvalue weighted by atomic mass is 9.94. The fraction of sp³-hybridized carbons (Fsp3) is 0.182. The number of piperidine rings is 1. The van der Waals surface area contributed by atoms with Crippen molar-refractivity contribution < 1.29 is 14.3 Å². The van der Waals surface area contributed by atoms with Gasteiger partial charge in [0, 0.05) is 40.5 Å². The first kappa shape index (κ1) is 25.9. The van der Waals surface area contributed by atoms with E-state index >= 15 is 0 Å². The first-order chi connectivity index (χ1) is 20.5. The maximum atomic E-state index is 14.1. The number of aromatic hydroxyl groups is 1. The highest BCUT2D eigenvalue weighted by atomic mass is 19.1. The molecule has 42 heavy (non-hydrogen) atoms. The van der Waals surface area contributed by atoms with Crippen molar-refractivity contribution in [3.8, 4) is 39.4 Å². The van der Waals surface area contributed by atoms with Gasteiger partial charge in [0.25, 0.3) is 0 Å². The Hall–Kier alpha value is -5.02. The number of pyridine rings is 1. The van der Waals surface area contributed by atoms with Gasteiger partial charge in [0.1, 0.15) is 17.3 Å². The van der Waals surface area contributed by atoms with Gasteiger partial charge < -0.3 is 20.7 Å². The zero-order valence-electron chi connectivity index (χ0n) is 22.7. The van der Waals surface area contributed by atoms with E-state index in [2.05, 4.69) is 36.9 Å². The number of fused-ring (bicyclic) bond motifs is 2. The number of aromatic nitrogens is 4. The smallest absolute Gasteiger partial charge is 0.224 e. The number of hydrogen-bond donors (Lipinski definition) is 5. The van der Waals surface area contributed by atoms with Crippen LogP contribution in [0.2, 0.25) is 0 Å². The van der Waals surface area contributed by atoms with Gasteiger partial charge in [0.05, 0.1) is 23.1 Å². The molecule has 0 atom stereocenters. The van der Waals surface area contributed by atoms with E-state index in [1.165, 1.54) is 6.07 Å². The highest BCUT2D eigenvalue weighted by Crippen LogP contribution is 2.36. The van der Waals surface area contributed by atoms with Gasteiger partial charge in [0.15, 0.2) is 0 Å². The van der Waals surface area contributed by atoms with Crippen molar-refractivity contribution in [3.05, 3.63) is 84.9 Å². The molecule has 1 aliphatic heterocycles. The zero-order chi connectivity index (χ0) is 28.6. The van der Waals surface area contributed by atoms with Crippen LogP contribution in [0.5, 0.6) is 5.75 Å². The van der Waals surface area contributed by atoms with Crippen molar-refractivity contribution in [2.45, 2.75) is 19.3 Å². The summed E-state index contributed by atoms with van der Waals surface area (Å²) < 4.78 is 14.1. The molecule has 0 bridgehead atoms. The van der Waals surface area contributed by atoms with Crippen LogP contribution in [0.15, 0.2) is 79.1 Å². The van der Waals surface area contributed by atoms with E-state index in [1.807, 2.05) is 42.5 Å². The molecule has 0 spiro atoms. The molecule has 5 N–H and O–H groups in total. The molecule has 0 unspecified atom stereocenters. The predicted molar refractivity (Wildman–Crippen MR) is 163 cm³/mol. The lowest BCUT2D eigenvalue weighted by Gasteiger charge is -2.21. The maximum Gasteiger partial charge on any atom is 0.224 e. The molecular weight excluding hydrogens is 531 g/mol. The minimum absolute atomic E-state index is 0.0139. The van der Waals surface area contributed by atoms with E-state index in [0.717, 1.165) is 81.9 Å². The highest BCUT2D eigenvalue weighted by molar-refractivity contribution is 6.02. The standard InChI is InChI=1S/C33H29FN6O2/c34-23-11-21(13-25(41)15-23)26-2-1-3-29-27(26)16-31(38-29)33-28-14-20(4-5-30(28)39-40-33)22-12-24(18-36-17-22)37-32(42)10-19-6-8-35-9-7-19/h1-5,11-19,35,38,41H,6-10H2,(H,37,42)(H,39,40). The van der Waals surface area contributed by atoms with Crippen molar-refractivity contribution in [3.63, 3.8) is 0 Å². The molecule has 3 aromatic carbocycles. The molecule has 6 aromatic rings. The van der Waals surface area contributed by atoms with Crippen molar-refractivity contribution >= 4 is 33.4 Å². The van der Waals surface area contributed by atoms with Crippen molar-refractivity contribution in [1.29, 1.82) is 0 Å². The van der Waals surface area contributed by atoms with E-state index in [1.54, 1.807) is 18.5 Å². The van der Waals surface area contributed by atoms with E-state index in [0.29, 0.717) is 23.6 Å². The number of halogens is 1. The Bertz CT molecular complexity index is 1920. The molecule has 7 rings (SSSR count). The predicted octanol–water partition coefficient (Wildman–Crippen LogP) is 6.61. The van der Waals surface area contributed by atoms with E-state index in [4.69, 9.17) is 0 Å². The number of anilines is 1. The average molecular weight is 561 g/mol. The van der Waals surface area contributed by atoms with Gasteiger partial charge >= 0.3 is 0 Å². The Labute approximate surface area is 241 Å². The van der Waals surface area contributed by atoms with Gasteiger partial charge in [-0.1, -0.05) is 18.2 Å². The SMILES string of the molecule is O=C(CC1CCNCC1)Nc1cncc(-c2ccc3[nH]nc(-c4cc5c(-c6cc(O)cc(F)c6)cccc5[nH]4)c3c2)c1. The molecule has 1 amide bonds. The zero-order valence-corrected chi connectivity index (χ0v) is 22.7. The largest absolute Gasteiger partial charge is 0.508 e. The fourth-order valence-corrected chi connectivity index (χ4v) is 5.89. The Kier molecular flexibility index (Phi) is 6.64. The second-order valence-corrected chi connectivity index (χ2v) is 10.9. The van der Waals surface area contributed by atoms with Crippen LogP contribution >= 0.6 is 0 Å². The van der Waals surface area contributed by atoms with E-state index < -0.39 is 5.82 Å². The number of amides is 1. The van der Waals surface area contributed by atoms with Crippen LogP contribution in [0, 0.1) is 11.7 Å². The topological polar surface area (TPSA) is 119 Å². The average Bonchev–Trinajstić information content (AvgIpc) is 3.61. The summed E-state index contributed by atoms with van der Waals surface area (Å²) in [5.74, 6) is -0.196. The Morgan fingerprint density at radius 2 is 1.81 bits per heavy atom. The van der Waals surface area contributed by atoms with E-state index in [-0.39, 0.29) is 11.7 Å². The molecule has 0 radical (unpaired) electrons. The molecule has 4 heterocycles. The lowest BCUT2D eigenvalue weighted by molar-refractivity contribution is -0.117. The molecule has 9 heteroatoms. The number of carbonyl (C=O) groups is 1. The number of hydrogen-bond acceptors (Lipinski definition) is 5. The number of H-pyrrole nitrogens is 2. The normalized spacial score (nSPS) is 14.0. The van der Waals surface area contributed by atoms with Gasteiger partial charge in [-0.25, -0.2) is 4.39 Å². The number of phenols is 1. The summed E-state index contributed by atoms with van der Waals surface area (Å²) >= 11 is 0. The Morgan fingerprint density at radius 3 is 2.67 bits per heavy atom. The number of benzene rings is 3. The summed E-state index contributed by atoms with van der Waals surface area (Å²) in [5, 5.41) is 25.9. The number of carbonyl (C=O) groups excluding carboxylic acids is 1. The van der Waals surface area contributed by atoms with Gasteiger partial charge in [-0.15, -0.1) is 0 Å². The summed E-state index contributed by atoms with van der Waals surface area (Å²) in [4.78, 5) is 20.5. The molecule has 0 aliphatic carbocycles. The first-order valence-corrected chi connectivity index (χ1v) is 14.1. The summed E-state index contributed by atoms with van der Waals surface area (Å²) in [7, 11) is 0. The number of aromatic amines is 2. The third kappa shape index (κ3) is 5.10. The molecule has 3 aromatic heterocycles. The van der Waals surface area contributed by atoms with Crippen LogP contribution in [-0.4, -0.2) is 44.3 Å². The van der Waals surface area contributed by atoms with Crippen LogP contribution in [0.25, 0.3) is 55.4 Å². The summed E-state index contributed by atoms with van der Waals surface area (Å²) in [6.07, 6.45) is 6.01. The monoisotopic (exact) mass is 560 g/mol. The lowest BCUT2D eigenvalue weighted by Crippen LogP contribution is -2.30. The summed E-state index contributed by atoms with van der Waals surface area (Å²) in [5.41, 5.74) is 7.19. The molecule has 1 fully saturated rings. The second kappa shape index (κ2) is 10.8. The molecule has 210 valence electrons. The fourth-order valence-electron chi connectivity index (χ4n) is 5.89. The maximum absolute atomic E-state index is 14.1. The number of nitrogens with zero attached hydrogens (tertiary/aromatic N) is 2. The van der Waals surface area contributed by atoms with Crippen LogP contribution in [-0.2, 0) is 4.79 Å². The highest BCUT2D eigenvalue weighted by Gasteiger charge is 2.18. The van der Waals surface area contributed by atoms with Crippen molar-refractivity contribution in [2.24, 2.45) is 5.92 Å². The quantitative estimate of drug-likeness (QED) is 0.157. The number of phenolic OH excluding ortho intramolecular Hbond substituents is 1. The van der Waals surface area contributed by atoms with Gasteiger partial charge in [-0.05, 0) is 91.0 Å². The van der Waals surface area contributed by atoms with Crippen molar-refractivity contribution in [1.82, 2.24) is 25.5 Å². The molecule has 0 saturated carbocycles. The molecule has 1 aliphatic rings. The van der Waals surface area contributed by atoms with Crippen LogP contribution in [0.4, 0.5) is 10.1 Å². The van der Waals surface area contributed by atoms with Gasteiger partial charge in [-0.3, -0.25) is 14.9 Å². The first-order valence-electron chi connectivity index (χ1n) is 14.1. The summed E-state index contributed by atoms with van der Waals surface area (Å²) in [6, 6.07) is 19.8. The third-order valence-corrected chi connectivity index (χ3v) is 7.96. The van der Waals surface area contributed by atoms with Gasteiger partial charge in [0.2, 0.25) is 5.91 Å². The minimum Gasteiger partial charge on any atom is -0.508 e. The van der Waals surface area contributed by atoms with Crippen LogP contribution in [0.3, 0.4) is 0 Å². The number of rotatable bonds is 6. The molecule has 1 saturated heterocycles. The molecule has 8 nitrogen and oxygen atoms in total. The Morgan fingerprint density at radius 1 is 0.929 bits per heavy atom. The van der Waals surface area contributed by atoms with E-state index in [9.17, 15) is 14.3 Å². The molecular formula is C33H29FN6O2. The summed E-state index contributed by atoms with van der Waals surface area (Å²) in [6.45, 7) is 1.93. The van der Waals surface area contributed by atoms with Crippen LogP contribution in [0.1, 0.15) is 19.3 Å². The van der Waals surface area contributed by atoms with Crippen LogP contribution < -0.4 is 10.6 Å². The number of nitrogens with one attached hydrogen (secondary N) is 4. The third-order valence-electron chi connectivity index (χ3n) is 7.96. The minimum atomic E-state index is -0.497. The van der Waals surface area contributed by atoms with Gasteiger partial charge in [-0.2, -0.15) is 5.10 Å². The van der Waals surface area contributed by atoms with Crippen molar-refractivity contribution in [2.75, 3.05) is 18.4 Å².